The second-order valence-electron chi connectivity index (χ2n) is 13.3. The largest absolute Gasteiger partial charge is 0.508 e. The van der Waals surface area contributed by atoms with Crippen molar-refractivity contribution in [2.75, 3.05) is 0 Å². The molecule has 6 aromatic carbocycles. The Morgan fingerprint density at radius 2 is 0.941 bits per heavy atom. The topological polar surface area (TPSA) is 175 Å². The fourth-order valence-corrected chi connectivity index (χ4v) is 8.64. The average molecular weight is 679 g/mol. The van der Waals surface area contributed by atoms with E-state index in [9.17, 15) is 40.9 Å². The Bertz CT molecular complexity index is 2500. The van der Waals surface area contributed by atoms with Crippen LogP contribution >= 0.6 is 0 Å². The van der Waals surface area contributed by atoms with E-state index < -0.39 is 23.7 Å². The highest BCUT2D eigenvalue weighted by Crippen LogP contribution is 2.68. The van der Waals surface area contributed by atoms with Gasteiger partial charge in [-0.25, -0.2) is 0 Å². The first-order chi connectivity index (χ1) is 24.6. The number of hydrogen-bond acceptors (Lipinski definition) is 9. The van der Waals surface area contributed by atoms with Crippen molar-refractivity contribution in [1.29, 1.82) is 0 Å². The van der Waals surface area contributed by atoms with Gasteiger partial charge in [0.15, 0.2) is 0 Å². The lowest BCUT2D eigenvalue weighted by molar-refractivity contribution is 0.429. The van der Waals surface area contributed by atoms with Gasteiger partial charge in [0.25, 0.3) is 0 Å². The Morgan fingerprint density at radius 3 is 1.57 bits per heavy atom. The monoisotopic (exact) mass is 678 g/mol. The van der Waals surface area contributed by atoms with Gasteiger partial charge < -0.3 is 45.3 Å². The second-order valence-corrected chi connectivity index (χ2v) is 13.3. The van der Waals surface area contributed by atoms with E-state index in [1.54, 1.807) is 78.9 Å². The van der Waals surface area contributed by atoms with Crippen LogP contribution in [0.3, 0.4) is 0 Å². The zero-order chi connectivity index (χ0) is 35.3. The van der Waals surface area contributed by atoms with E-state index in [1.807, 2.05) is 0 Å². The van der Waals surface area contributed by atoms with Gasteiger partial charge in [-0.1, -0.05) is 24.3 Å². The molecule has 0 aliphatic heterocycles. The van der Waals surface area contributed by atoms with Crippen molar-refractivity contribution in [3.05, 3.63) is 143 Å². The van der Waals surface area contributed by atoms with Crippen molar-refractivity contribution in [2.45, 2.75) is 23.7 Å². The number of benzene rings is 6. The van der Waals surface area contributed by atoms with Gasteiger partial charge in [-0.3, -0.25) is 0 Å². The van der Waals surface area contributed by atoms with Crippen molar-refractivity contribution in [1.82, 2.24) is 0 Å². The molecule has 9 rings (SSSR count). The SMILES string of the molecule is Oc1ccc(-c2oc3cc(O)c4c5c3c2-c2cc(O)cc(O)c2[C@H](c2ccc(O)cc2)[C@@H]5[C@@H](c2ccc(O)cc2)[C@@H]4c2cc(O)cc(O)c2)cc1. The molecule has 0 bridgehead atoms. The minimum Gasteiger partial charge on any atom is -0.508 e. The molecule has 2 aliphatic rings. The van der Waals surface area contributed by atoms with Crippen LogP contribution in [-0.4, -0.2) is 40.9 Å². The first-order valence-electron chi connectivity index (χ1n) is 16.4. The van der Waals surface area contributed by atoms with Crippen LogP contribution < -0.4 is 0 Å². The number of fused-ring (bicyclic) bond motifs is 2. The minimum atomic E-state index is -0.669. The molecule has 9 nitrogen and oxygen atoms in total. The summed E-state index contributed by atoms with van der Waals surface area (Å²) < 4.78 is 6.58. The van der Waals surface area contributed by atoms with E-state index in [2.05, 4.69) is 0 Å². The van der Waals surface area contributed by atoms with E-state index in [1.165, 1.54) is 30.3 Å². The van der Waals surface area contributed by atoms with Crippen molar-refractivity contribution in [3.8, 4) is 68.4 Å². The maximum absolute atomic E-state index is 12.1. The van der Waals surface area contributed by atoms with E-state index in [4.69, 9.17) is 4.42 Å². The molecule has 0 spiro atoms. The molecule has 2 aliphatic carbocycles. The number of hydrogen-bond donors (Lipinski definition) is 8. The van der Waals surface area contributed by atoms with E-state index in [-0.39, 0.29) is 46.0 Å². The summed E-state index contributed by atoms with van der Waals surface area (Å²) in [5.74, 6) is -2.72. The van der Waals surface area contributed by atoms with Gasteiger partial charge in [0, 0.05) is 69.5 Å². The van der Waals surface area contributed by atoms with Gasteiger partial charge in [-0.2, -0.15) is 0 Å². The minimum absolute atomic E-state index is 0.0443. The smallest absolute Gasteiger partial charge is 0.143 e. The third-order valence-corrected chi connectivity index (χ3v) is 10.5. The Hall–Kier alpha value is -6.74. The van der Waals surface area contributed by atoms with Gasteiger partial charge >= 0.3 is 0 Å². The fraction of sp³-hybridized carbons (Fsp3) is 0.0952. The van der Waals surface area contributed by atoms with Crippen LogP contribution in [-0.2, 0) is 0 Å². The maximum atomic E-state index is 12.1. The summed E-state index contributed by atoms with van der Waals surface area (Å²) in [5.41, 5.74) is 5.70. The summed E-state index contributed by atoms with van der Waals surface area (Å²) in [6.45, 7) is 0. The number of furan rings is 1. The highest BCUT2D eigenvalue weighted by molar-refractivity contribution is 6.08. The van der Waals surface area contributed by atoms with Crippen LogP contribution in [0.15, 0.2) is 114 Å². The van der Waals surface area contributed by atoms with Crippen LogP contribution in [0.25, 0.3) is 33.4 Å². The quantitative estimate of drug-likeness (QED) is 0.0907. The van der Waals surface area contributed by atoms with Crippen LogP contribution in [0, 0.1) is 0 Å². The average Bonchev–Trinajstić information content (AvgIpc) is 3.60. The molecule has 1 aromatic heterocycles. The molecule has 252 valence electrons. The molecule has 1 heterocycles. The van der Waals surface area contributed by atoms with Crippen LogP contribution in [0.2, 0.25) is 0 Å². The van der Waals surface area contributed by atoms with Crippen molar-refractivity contribution in [3.63, 3.8) is 0 Å². The lowest BCUT2D eigenvalue weighted by atomic mass is 9.69. The molecule has 0 amide bonds. The van der Waals surface area contributed by atoms with Crippen LogP contribution in [0.5, 0.6) is 46.0 Å². The number of rotatable bonds is 4. The van der Waals surface area contributed by atoms with Gasteiger partial charge in [0.05, 0.1) is 0 Å². The van der Waals surface area contributed by atoms with Crippen LogP contribution in [0.1, 0.15) is 57.1 Å². The van der Waals surface area contributed by atoms with Crippen LogP contribution in [0.4, 0.5) is 0 Å². The Morgan fingerprint density at radius 1 is 0.412 bits per heavy atom. The lowest BCUT2D eigenvalue weighted by Gasteiger charge is -2.34. The van der Waals surface area contributed by atoms with E-state index >= 15 is 0 Å². The highest BCUT2D eigenvalue weighted by atomic mass is 16.3. The van der Waals surface area contributed by atoms with E-state index in [0.29, 0.717) is 55.7 Å². The van der Waals surface area contributed by atoms with E-state index in [0.717, 1.165) is 11.1 Å². The molecule has 0 radical (unpaired) electrons. The lowest BCUT2D eigenvalue weighted by Crippen LogP contribution is -2.19. The fourth-order valence-electron chi connectivity index (χ4n) is 8.64. The highest BCUT2D eigenvalue weighted by Gasteiger charge is 2.52. The molecule has 0 saturated carbocycles. The third-order valence-electron chi connectivity index (χ3n) is 10.5. The standard InChI is InChI=1S/C42H30O9/c43-23-7-1-19(2-8-23)33-35(22-13-26(46)15-27(47)14-22)38-31(50)18-32-39-37(42(51-32)21-5-11-25(45)12-6-21)29-16-28(48)17-30(49)36(29)34(40(33)41(38)39)20-3-9-24(44)10-4-20/h1-18,33-35,40,43-50H/t33-,34-,35-,40-/m0/s1. The van der Waals surface area contributed by atoms with Gasteiger partial charge in [-0.15, -0.1) is 0 Å². The molecule has 9 heteroatoms. The van der Waals surface area contributed by atoms with Crippen molar-refractivity contribution in [2.24, 2.45) is 0 Å². The summed E-state index contributed by atoms with van der Waals surface area (Å²) in [6, 6.07) is 28.6. The summed E-state index contributed by atoms with van der Waals surface area (Å²) in [5, 5.41) is 88.0. The first-order valence-corrected chi connectivity index (χ1v) is 16.4. The van der Waals surface area contributed by atoms with Gasteiger partial charge in [0.1, 0.15) is 57.3 Å². The summed E-state index contributed by atoms with van der Waals surface area (Å²) >= 11 is 0. The molecule has 0 saturated heterocycles. The van der Waals surface area contributed by atoms with Crippen molar-refractivity contribution >= 4 is 11.0 Å². The van der Waals surface area contributed by atoms with Gasteiger partial charge in [-0.05, 0) is 94.5 Å². The predicted molar refractivity (Wildman–Crippen MR) is 189 cm³/mol. The maximum Gasteiger partial charge on any atom is 0.143 e. The molecule has 8 N–H and O–H groups in total. The summed E-state index contributed by atoms with van der Waals surface area (Å²) in [6.07, 6.45) is 0. The second kappa shape index (κ2) is 10.9. The number of phenolic OH excluding ortho intramolecular Hbond substituents is 8. The normalized spacial score (nSPS) is 18.8. The zero-order valence-electron chi connectivity index (χ0n) is 26.7. The summed E-state index contributed by atoms with van der Waals surface area (Å²) in [4.78, 5) is 0. The molecular formula is C42H30O9. The van der Waals surface area contributed by atoms with Gasteiger partial charge in [0.2, 0.25) is 0 Å². The first kappa shape index (κ1) is 30.3. The Balaban J connectivity index is 1.49. The molecule has 0 fully saturated rings. The van der Waals surface area contributed by atoms with Crippen molar-refractivity contribution < 1.29 is 45.3 Å². The molecule has 51 heavy (non-hydrogen) atoms. The Kier molecular flexibility index (Phi) is 6.47. The molecule has 7 aromatic rings. The number of phenols is 8. The molecule has 0 unspecified atom stereocenters. The predicted octanol–water partition coefficient (Wildman–Crippen LogP) is 8.57. The number of aromatic hydroxyl groups is 8. The molecular weight excluding hydrogens is 648 g/mol. The third kappa shape index (κ3) is 4.55. The Labute approximate surface area is 290 Å². The summed E-state index contributed by atoms with van der Waals surface area (Å²) in [7, 11) is 0. The molecule has 4 atom stereocenters. The zero-order valence-corrected chi connectivity index (χ0v) is 26.7.